The van der Waals surface area contributed by atoms with Crippen molar-refractivity contribution >= 4 is 5.97 Å². The first-order valence-electron chi connectivity index (χ1n) is 5.49. The van der Waals surface area contributed by atoms with Gasteiger partial charge < -0.3 is 5.11 Å². The molecule has 0 fully saturated rings. The van der Waals surface area contributed by atoms with E-state index in [0.29, 0.717) is 23.4 Å². The monoisotopic (exact) mass is 230 g/mol. The van der Waals surface area contributed by atoms with Crippen molar-refractivity contribution in [2.45, 2.75) is 19.8 Å². The molecule has 17 heavy (non-hydrogen) atoms. The molecule has 0 bridgehead atoms. The summed E-state index contributed by atoms with van der Waals surface area (Å²) in [6.07, 6.45) is 1.43. The standard InChI is InChI=1S/C13H14N2O2/c1-9-12(13(16)17)11(15-14-9)8-7-10-5-3-2-4-6-10/h2-6H,7-8H2,1H3,(H,14,15)(H,16,17). The van der Waals surface area contributed by atoms with Crippen molar-refractivity contribution in [3.63, 3.8) is 0 Å². The van der Waals surface area contributed by atoms with Gasteiger partial charge in [0.1, 0.15) is 5.56 Å². The van der Waals surface area contributed by atoms with Crippen LogP contribution in [-0.2, 0) is 12.8 Å². The normalized spacial score (nSPS) is 10.4. The Morgan fingerprint density at radius 2 is 2.00 bits per heavy atom. The van der Waals surface area contributed by atoms with Crippen molar-refractivity contribution in [3.8, 4) is 0 Å². The number of carbonyl (C=O) groups is 1. The van der Waals surface area contributed by atoms with Gasteiger partial charge in [-0.25, -0.2) is 4.79 Å². The summed E-state index contributed by atoms with van der Waals surface area (Å²) in [5.41, 5.74) is 2.73. The highest BCUT2D eigenvalue weighted by molar-refractivity contribution is 5.90. The van der Waals surface area contributed by atoms with Gasteiger partial charge in [0.25, 0.3) is 0 Å². The van der Waals surface area contributed by atoms with Gasteiger partial charge in [0.15, 0.2) is 0 Å². The van der Waals surface area contributed by atoms with Gasteiger partial charge >= 0.3 is 5.97 Å². The highest BCUT2D eigenvalue weighted by atomic mass is 16.4. The fourth-order valence-electron chi connectivity index (χ4n) is 1.85. The predicted molar refractivity (Wildman–Crippen MR) is 64.1 cm³/mol. The van der Waals surface area contributed by atoms with E-state index in [2.05, 4.69) is 10.2 Å². The molecule has 1 heterocycles. The van der Waals surface area contributed by atoms with E-state index in [1.165, 1.54) is 5.56 Å². The van der Waals surface area contributed by atoms with Crippen LogP contribution in [0.1, 0.15) is 27.3 Å². The molecule has 2 aromatic rings. The number of hydrogen-bond acceptors (Lipinski definition) is 2. The molecule has 0 atom stereocenters. The van der Waals surface area contributed by atoms with Crippen LogP contribution < -0.4 is 0 Å². The summed E-state index contributed by atoms with van der Waals surface area (Å²) in [6.45, 7) is 1.72. The lowest BCUT2D eigenvalue weighted by molar-refractivity contribution is 0.0695. The maximum atomic E-state index is 11.1. The molecule has 0 unspecified atom stereocenters. The number of carboxylic acid groups (broad SMARTS) is 1. The fourth-order valence-corrected chi connectivity index (χ4v) is 1.85. The van der Waals surface area contributed by atoms with Crippen LogP contribution >= 0.6 is 0 Å². The van der Waals surface area contributed by atoms with Gasteiger partial charge in [0.2, 0.25) is 0 Å². The SMILES string of the molecule is Cc1[nH]nc(CCc2ccccc2)c1C(=O)O. The molecule has 0 spiro atoms. The van der Waals surface area contributed by atoms with Crippen molar-refractivity contribution in [2.24, 2.45) is 0 Å². The van der Waals surface area contributed by atoms with Crippen molar-refractivity contribution < 1.29 is 9.90 Å². The number of nitrogens with one attached hydrogen (secondary N) is 1. The Morgan fingerprint density at radius 1 is 1.29 bits per heavy atom. The van der Waals surface area contributed by atoms with Gasteiger partial charge in [0, 0.05) is 5.69 Å². The van der Waals surface area contributed by atoms with E-state index in [1.807, 2.05) is 30.3 Å². The minimum absolute atomic E-state index is 0.306. The zero-order valence-electron chi connectivity index (χ0n) is 9.60. The number of hydrogen-bond donors (Lipinski definition) is 2. The highest BCUT2D eigenvalue weighted by Gasteiger charge is 2.16. The number of aromatic nitrogens is 2. The Morgan fingerprint density at radius 3 is 2.65 bits per heavy atom. The molecule has 4 heteroatoms. The Kier molecular flexibility index (Phi) is 3.23. The number of aryl methyl sites for hydroxylation is 3. The summed E-state index contributed by atoms with van der Waals surface area (Å²) in [4.78, 5) is 11.1. The first kappa shape index (κ1) is 11.4. The second kappa shape index (κ2) is 4.82. The lowest BCUT2D eigenvalue weighted by atomic mass is 10.1. The van der Waals surface area contributed by atoms with Gasteiger partial charge in [-0.2, -0.15) is 5.10 Å². The van der Waals surface area contributed by atoms with E-state index in [9.17, 15) is 4.79 Å². The molecule has 4 nitrogen and oxygen atoms in total. The largest absolute Gasteiger partial charge is 0.478 e. The number of rotatable bonds is 4. The Labute approximate surface area is 99.3 Å². The third kappa shape index (κ3) is 2.53. The molecule has 0 saturated carbocycles. The lowest BCUT2D eigenvalue weighted by Gasteiger charge is -2.00. The Balaban J connectivity index is 2.12. The second-order valence-corrected chi connectivity index (χ2v) is 3.96. The molecule has 0 aliphatic rings. The van der Waals surface area contributed by atoms with Gasteiger partial charge in [-0.05, 0) is 25.3 Å². The molecular weight excluding hydrogens is 216 g/mol. The van der Waals surface area contributed by atoms with Crippen molar-refractivity contribution in [1.29, 1.82) is 0 Å². The third-order valence-corrected chi connectivity index (χ3v) is 2.73. The zero-order valence-corrected chi connectivity index (χ0v) is 9.60. The lowest BCUT2D eigenvalue weighted by Crippen LogP contribution is -2.03. The van der Waals surface area contributed by atoms with E-state index < -0.39 is 5.97 Å². The molecule has 0 aliphatic carbocycles. The van der Waals surface area contributed by atoms with Gasteiger partial charge in [-0.1, -0.05) is 30.3 Å². The van der Waals surface area contributed by atoms with Gasteiger partial charge in [0.05, 0.1) is 5.69 Å². The first-order valence-corrected chi connectivity index (χ1v) is 5.49. The van der Waals surface area contributed by atoms with Crippen molar-refractivity contribution in [3.05, 3.63) is 52.8 Å². The summed E-state index contributed by atoms with van der Waals surface area (Å²) in [7, 11) is 0. The van der Waals surface area contributed by atoms with Crippen LogP contribution in [0.2, 0.25) is 0 Å². The maximum Gasteiger partial charge on any atom is 0.339 e. The van der Waals surface area contributed by atoms with Crippen LogP contribution in [0, 0.1) is 6.92 Å². The van der Waals surface area contributed by atoms with Crippen molar-refractivity contribution in [2.75, 3.05) is 0 Å². The second-order valence-electron chi connectivity index (χ2n) is 3.96. The molecule has 2 N–H and O–H groups in total. The van der Waals surface area contributed by atoms with E-state index in [0.717, 1.165) is 6.42 Å². The van der Waals surface area contributed by atoms with Crippen molar-refractivity contribution in [1.82, 2.24) is 10.2 Å². The molecule has 1 aromatic heterocycles. The molecule has 0 radical (unpaired) electrons. The van der Waals surface area contributed by atoms with Crippen LogP contribution in [0.3, 0.4) is 0 Å². The zero-order chi connectivity index (χ0) is 12.3. The number of aromatic carboxylic acids is 1. The first-order chi connectivity index (χ1) is 8.18. The number of aromatic amines is 1. The average molecular weight is 230 g/mol. The number of H-pyrrole nitrogens is 1. The summed E-state index contributed by atoms with van der Waals surface area (Å²) in [5, 5.41) is 15.8. The minimum atomic E-state index is -0.917. The van der Waals surface area contributed by atoms with Gasteiger partial charge in [-0.15, -0.1) is 0 Å². The van der Waals surface area contributed by atoms with Crippen LogP contribution in [-0.4, -0.2) is 21.3 Å². The molecule has 0 saturated heterocycles. The number of nitrogens with zero attached hydrogens (tertiary/aromatic N) is 1. The maximum absolute atomic E-state index is 11.1. The minimum Gasteiger partial charge on any atom is -0.478 e. The topological polar surface area (TPSA) is 66.0 Å². The van der Waals surface area contributed by atoms with Crippen LogP contribution in [0.4, 0.5) is 0 Å². The fraction of sp³-hybridized carbons (Fsp3) is 0.231. The molecule has 1 aromatic carbocycles. The van der Waals surface area contributed by atoms with Gasteiger partial charge in [-0.3, -0.25) is 5.10 Å². The number of benzene rings is 1. The van der Waals surface area contributed by atoms with E-state index in [1.54, 1.807) is 6.92 Å². The van der Waals surface area contributed by atoms with Crippen LogP contribution in [0.5, 0.6) is 0 Å². The molecule has 0 aliphatic heterocycles. The highest BCUT2D eigenvalue weighted by Crippen LogP contribution is 2.13. The quantitative estimate of drug-likeness (QED) is 0.846. The van der Waals surface area contributed by atoms with Crippen LogP contribution in [0.15, 0.2) is 30.3 Å². The summed E-state index contributed by atoms with van der Waals surface area (Å²) >= 11 is 0. The Bertz CT molecular complexity index is 517. The predicted octanol–water partition coefficient (Wildman–Crippen LogP) is 2.20. The summed E-state index contributed by atoms with van der Waals surface area (Å²) in [6, 6.07) is 9.97. The molecule has 0 amide bonds. The van der Waals surface area contributed by atoms with E-state index >= 15 is 0 Å². The molecule has 2 rings (SSSR count). The van der Waals surface area contributed by atoms with Crippen LogP contribution in [0.25, 0.3) is 0 Å². The van der Waals surface area contributed by atoms with E-state index in [-0.39, 0.29) is 0 Å². The summed E-state index contributed by atoms with van der Waals surface area (Å²) < 4.78 is 0. The third-order valence-electron chi connectivity index (χ3n) is 2.73. The average Bonchev–Trinajstić information content (AvgIpc) is 2.69. The smallest absolute Gasteiger partial charge is 0.339 e. The summed E-state index contributed by atoms with van der Waals surface area (Å²) in [5.74, 6) is -0.917. The molecule has 88 valence electrons. The Hall–Kier alpha value is -2.10. The molecular formula is C13H14N2O2. The van der Waals surface area contributed by atoms with E-state index in [4.69, 9.17) is 5.11 Å². The number of carboxylic acids is 1.